The highest BCUT2D eigenvalue weighted by atomic mass is 16.5. The summed E-state index contributed by atoms with van der Waals surface area (Å²) < 4.78 is 9.88. The third kappa shape index (κ3) is 3.79. The van der Waals surface area contributed by atoms with E-state index in [9.17, 15) is 9.59 Å². The van der Waals surface area contributed by atoms with Crippen molar-refractivity contribution in [3.05, 3.63) is 35.4 Å². The zero-order chi connectivity index (χ0) is 14.4. The number of hydrogen-bond acceptors (Lipinski definition) is 5. The highest BCUT2D eigenvalue weighted by Gasteiger charge is 2.17. The van der Waals surface area contributed by atoms with Gasteiger partial charge in [0.25, 0.3) is 5.91 Å². The van der Waals surface area contributed by atoms with E-state index in [2.05, 4.69) is 10.2 Å². The first-order valence-corrected chi connectivity index (χ1v) is 6.49. The van der Waals surface area contributed by atoms with Crippen LogP contribution in [0.2, 0.25) is 0 Å². The molecule has 1 fully saturated rings. The van der Waals surface area contributed by atoms with E-state index in [0.29, 0.717) is 31.9 Å². The molecule has 0 atom stereocenters. The molecular weight excluding hydrogens is 260 g/mol. The van der Waals surface area contributed by atoms with Gasteiger partial charge >= 0.3 is 5.97 Å². The highest BCUT2D eigenvalue weighted by Crippen LogP contribution is 2.08. The van der Waals surface area contributed by atoms with Crippen LogP contribution in [0, 0.1) is 0 Å². The van der Waals surface area contributed by atoms with Crippen molar-refractivity contribution >= 4 is 11.9 Å². The van der Waals surface area contributed by atoms with Crippen LogP contribution in [0.1, 0.15) is 15.9 Å². The molecular formula is C14H18N2O4. The topological polar surface area (TPSA) is 67.9 Å². The molecule has 1 heterocycles. The van der Waals surface area contributed by atoms with Gasteiger partial charge in [0.1, 0.15) is 0 Å². The molecule has 108 valence electrons. The number of esters is 1. The lowest BCUT2D eigenvalue weighted by molar-refractivity contribution is -0.139. The first kappa shape index (κ1) is 14.5. The van der Waals surface area contributed by atoms with Crippen LogP contribution in [-0.4, -0.2) is 50.3 Å². The minimum Gasteiger partial charge on any atom is -0.469 e. The molecule has 1 aromatic rings. The molecule has 0 bridgehead atoms. The van der Waals surface area contributed by atoms with Gasteiger partial charge in [-0.25, -0.2) is 5.43 Å². The maximum Gasteiger partial charge on any atom is 0.309 e. The van der Waals surface area contributed by atoms with Crippen LogP contribution in [0.3, 0.4) is 0 Å². The number of rotatable bonds is 3. The fraction of sp³-hybridized carbons (Fsp3) is 0.429. The van der Waals surface area contributed by atoms with Gasteiger partial charge in [0.15, 0.2) is 0 Å². The summed E-state index contributed by atoms with van der Waals surface area (Å²) in [7, 11) is 1.35. The average Bonchev–Trinajstić information content (AvgIpc) is 2.76. The van der Waals surface area contributed by atoms with Crippen LogP contribution in [0.25, 0.3) is 0 Å². The first-order valence-electron chi connectivity index (χ1n) is 6.49. The summed E-state index contributed by atoms with van der Waals surface area (Å²) in [6.07, 6.45) is 0.209. The van der Waals surface area contributed by atoms with Gasteiger partial charge in [-0.1, -0.05) is 12.1 Å². The summed E-state index contributed by atoms with van der Waals surface area (Å²) in [6, 6.07) is 6.96. The Morgan fingerprint density at radius 1 is 1.30 bits per heavy atom. The lowest BCUT2D eigenvalue weighted by atomic mass is 10.1. The third-order valence-electron chi connectivity index (χ3n) is 3.03. The predicted octanol–water partition coefficient (Wildman–Crippen LogP) is 0.379. The van der Waals surface area contributed by atoms with E-state index in [0.717, 1.165) is 5.56 Å². The summed E-state index contributed by atoms with van der Waals surface area (Å²) >= 11 is 0. The first-order chi connectivity index (χ1) is 9.70. The van der Waals surface area contributed by atoms with E-state index in [1.807, 2.05) is 0 Å². The summed E-state index contributed by atoms with van der Waals surface area (Å²) in [4.78, 5) is 23.4. The predicted molar refractivity (Wildman–Crippen MR) is 72.0 cm³/mol. The number of methoxy groups -OCH3 is 1. The molecule has 20 heavy (non-hydrogen) atoms. The number of hydrogen-bond donors (Lipinski definition) is 1. The summed E-state index contributed by atoms with van der Waals surface area (Å²) in [6.45, 7) is 2.26. The quantitative estimate of drug-likeness (QED) is 0.810. The van der Waals surface area contributed by atoms with Gasteiger partial charge in [-0.3, -0.25) is 14.6 Å². The van der Waals surface area contributed by atoms with Crippen LogP contribution in [0.5, 0.6) is 0 Å². The van der Waals surface area contributed by atoms with Crippen LogP contribution >= 0.6 is 0 Å². The lowest BCUT2D eigenvalue weighted by Crippen LogP contribution is -2.43. The largest absolute Gasteiger partial charge is 0.469 e. The molecule has 0 spiro atoms. The maximum atomic E-state index is 12.3. The third-order valence-corrected chi connectivity index (χ3v) is 3.03. The SMILES string of the molecule is COC(=O)Cc1ccc(C(=O)N2CCOCCN2)cc1. The summed E-state index contributed by atoms with van der Waals surface area (Å²) in [5.74, 6) is -0.393. The number of carbonyl (C=O) groups excluding carboxylic acids is 2. The molecule has 6 nitrogen and oxygen atoms in total. The van der Waals surface area contributed by atoms with E-state index in [-0.39, 0.29) is 18.3 Å². The number of benzene rings is 1. The van der Waals surface area contributed by atoms with Crippen LogP contribution in [0.4, 0.5) is 0 Å². The van der Waals surface area contributed by atoms with Crippen molar-refractivity contribution in [2.75, 3.05) is 33.4 Å². The van der Waals surface area contributed by atoms with Gasteiger partial charge in [-0.05, 0) is 17.7 Å². The van der Waals surface area contributed by atoms with Gasteiger partial charge in [0.2, 0.25) is 0 Å². The number of hydrazine groups is 1. The fourth-order valence-corrected chi connectivity index (χ4v) is 1.92. The zero-order valence-corrected chi connectivity index (χ0v) is 11.4. The van der Waals surface area contributed by atoms with Crippen molar-refractivity contribution < 1.29 is 19.1 Å². The Balaban J connectivity index is 2.01. The molecule has 1 aliphatic rings. The Labute approximate surface area is 117 Å². The number of nitrogens with zero attached hydrogens (tertiary/aromatic N) is 1. The monoisotopic (exact) mass is 278 g/mol. The molecule has 0 saturated carbocycles. The van der Waals surface area contributed by atoms with Crippen LogP contribution in [0.15, 0.2) is 24.3 Å². The number of amides is 1. The number of nitrogens with one attached hydrogen (secondary N) is 1. The van der Waals surface area contributed by atoms with E-state index in [4.69, 9.17) is 4.74 Å². The second-order valence-corrected chi connectivity index (χ2v) is 4.43. The molecule has 1 aromatic carbocycles. The second kappa shape index (κ2) is 7.02. The second-order valence-electron chi connectivity index (χ2n) is 4.43. The molecule has 0 radical (unpaired) electrons. The van der Waals surface area contributed by atoms with Crippen molar-refractivity contribution in [1.82, 2.24) is 10.4 Å². The Morgan fingerprint density at radius 3 is 2.75 bits per heavy atom. The van der Waals surface area contributed by atoms with E-state index in [1.54, 1.807) is 29.3 Å². The van der Waals surface area contributed by atoms with Gasteiger partial charge in [-0.2, -0.15) is 0 Å². The standard InChI is InChI=1S/C14H18N2O4/c1-19-13(17)10-11-2-4-12(5-3-11)14(18)16-7-9-20-8-6-15-16/h2-5,15H,6-10H2,1H3. The summed E-state index contributed by atoms with van der Waals surface area (Å²) in [5.41, 5.74) is 4.42. The molecule has 6 heteroatoms. The number of ether oxygens (including phenoxy) is 2. The summed E-state index contributed by atoms with van der Waals surface area (Å²) in [5, 5.41) is 1.56. The maximum absolute atomic E-state index is 12.3. The highest BCUT2D eigenvalue weighted by molar-refractivity contribution is 5.94. The van der Waals surface area contributed by atoms with Crippen molar-refractivity contribution in [2.24, 2.45) is 0 Å². The van der Waals surface area contributed by atoms with Gasteiger partial charge in [0, 0.05) is 12.1 Å². The van der Waals surface area contributed by atoms with Crippen LogP contribution in [-0.2, 0) is 20.7 Å². The molecule has 0 unspecified atom stereocenters. The molecule has 1 amide bonds. The Kier molecular flexibility index (Phi) is 5.09. The van der Waals surface area contributed by atoms with Gasteiger partial charge in [-0.15, -0.1) is 0 Å². The lowest BCUT2D eigenvalue weighted by Gasteiger charge is -2.20. The van der Waals surface area contributed by atoms with E-state index >= 15 is 0 Å². The Morgan fingerprint density at radius 2 is 2.05 bits per heavy atom. The van der Waals surface area contributed by atoms with E-state index < -0.39 is 0 Å². The minimum atomic E-state index is -0.296. The molecule has 1 aliphatic heterocycles. The molecule has 1 N–H and O–H groups in total. The van der Waals surface area contributed by atoms with Gasteiger partial charge in [0.05, 0.1) is 33.3 Å². The molecule has 0 aromatic heterocycles. The number of carbonyl (C=O) groups is 2. The van der Waals surface area contributed by atoms with Crippen molar-refractivity contribution in [3.8, 4) is 0 Å². The Hall–Kier alpha value is -1.92. The van der Waals surface area contributed by atoms with Crippen molar-refractivity contribution in [1.29, 1.82) is 0 Å². The minimum absolute atomic E-state index is 0.0971. The smallest absolute Gasteiger partial charge is 0.309 e. The molecule has 2 rings (SSSR count). The van der Waals surface area contributed by atoms with Gasteiger partial charge < -0.3 is 9.47 Å². The molecule has 1 saturated heterocycles. The fourth-order valence-electron chi connectivity index (χ4n) is 1.92. The zero-order valence-electron chi connectivity index (χ0n) is 11.4. The average molecular weight is 278 g/mol. The van der Waals surface area contributed by atoms with Crippen molar-refractivity contribution in [2.45, 2.75) is 6.42 Å². The van der Waals surface area contributed by atoms with Crippen molar-refractivity contribution in [3.63, 3.8) is 0 Å². The molecule has 0 aliphatic carbocycles. The Bertz CT molecular complexity index is 465. The van der Waals surface area contributed by atoms with Crippen LogP contribution < -0.4 is 5.43 Å². The normalized spacial score (nSPS) is 15.6. The van der Waals surface area contributed by atoms with E-state index in [1.165, 1.54) is 7.11 Å².